The number of rotatable bonds is 8. The molecule has 3 heterocycles. The zero-order valence-corrected chi connectivity index (χ0v) is 21.2. The van der Waals surface area contributed by atoms with Crippen LogP contribution in [0.15, 0.2) is 54.5 Å². The third kappa shape index (κ3) is 5.68. The van der Waals surface area contributed by atoms with E-state index in [0.717, 1.165) is 16.9 Å². The van der Waals surface area contributed by atoms with Crippen molar-refractivity contribution in [2.45, 2.75) is 12.2 Å². The summed E-state index contributed by atoms with van der Waals surface area (Å²) >= 11 is 0. The number of aldehydes is 1. The summed E-state index contributed by atoms with van der Waals surface area (Å²) in [6.07, 6.45) is 1.17. The SMILES string of the molecule is COC(=O)C1=CN(C)C(C=O)C(c2cnc(Nc3cc(OC)cc(OC)c3)nc2-n2ccc(C(F)(F)F)n2)=C1. The average Bonchev–Trinajstić information content (AvgIpc) is 3.43. The number of hydrogen-bond acceptors (Lipinski definition) is 10. The number of hydrogen-bond donors (Lipinski definition) is 1. The summed E-state index contributed by atoms with van der Waals surface area (Å²) in [5.74, 6) is 0.207. The number of halogens is 3. The van der Waals surface area contributed by atoms with E-state index in [9.17, 15) is 22.8 Å². The van der Waals surface area contributed by atoms with E-state index in [1.807, 2.05) is 0 Å². The van der Waals surface area contributed by atoms with Gasteiger partial charge >= 0.3 is 12.1 Å². The Morgan fingerprint density at radius 2 is 1.82 bits per heavy atom. The zero-order valence-electron chi connectivity index (χ0n) is 21.2. The summed E-state index contributed by atoms with van der Waals surface area (Å²) in [4.78, 5) is 34.5. The highest BCUT2D eigenvalue weighted by Gasteiger charge is 2.35. The summed E-state index contributed by atoms with van der Waals surface area (Å²) < 4.78 is 56.3. The molecule has 0 spiro atoms. The Hall–Kier alpha value is -4.88. The minimum Gasteiger partial charge on any atom is -0.497 e. The number of likely N-dealkylation sites (N-methyl/N-ethyl adjacent to an activating group) is 1. The second-order valence-electron chi connectivity index (χ2n) is 8.22. The Morgan fingerprint density at radius 1 is 1.13 bits per heavy atom. The molecule has 0 saturated carbocycles. The number of nitrogens with zero attached hydrogens (tertiary/aromatic N) is 5. The molecule has 1 N–H and O–H groups in total. The van der Waals surface area contributed by atoms with E-state index in [0.29, 0.717) is 23.5 Å². The van der Waals surface area contributed by atoms with Crippen LogP contribution in [0.3, 0.4) is 0 Å². The third-order valence-corrected chi connectivity index (χ3v) is 5.74. The molecule has 204 valence electrons. The monoisotopic (exact) mass is 544 g/mol. The highest BCUT2D eigenvalue weighted by Crippen LogP contribution is 2.33. The molecule has 1 aromatic carbocycles. The summed E-state index contributed by atoms with van der Waals surface area (Å²) in [7, 11) is 5.73. The molecular formula is C25H23F3N6O5. The van der Waals surface area contributed by atoms with E-state index in [2.05, 4.69) is 20.4 Å². The summed E-state index contributed by atoms with van der Waals surface area (Å²) in [6, 6.07) is 4.83. The molecule has 0 fully saturated rings. The van der Waals surface area contributed by atoms with E-state index >= 15 is 0 Å². The van der Waals surface area contributed by atoms with Gasteiger partial charge in [0, 0.05) is 55.1 Å². The van der Waals surface area contributed by atoms with Crippen LogP contribution in [0.4, 0.5) is 24.8 Å². The maximum Gasteiger partial charge on any atom is 0.435 e. The summed E-state index contributed by atoms with van der Waals surface area (Å²) in [6.45, 7) is 0. The molecule has 1 unspecified atom stereocenters. The minimum atomic E-state index is -4.70. The first-order valence-corrected chi connectivity index (χ1v) is 11.3. The predicted molar refractivity (Wildman–Crippen MR) is 133 cm³/mol. The van der Waals surface area contributed by atoms with Crippen molar-refractivity contribution in [3.05, 3.63) is 65.8 Å². The lowest BCUT2D eigenvalue weighted by Gasteiger charge is -2.29. The van der Waals surface area contributed by atoms with Crippen molar-refractivity contribution in [3.8, 4) is 17.3 Å². The van der Waals surface area contributed by atoms with Gasteiger partial charge in [-0.05, 0) is 17.7 Å². The Balaban J connectivity index is 1.87. The third-order valence-electron chi connectivity index (χ3n) is 5.74. The first kappa shape index (κ1) is 27.2. The number of benzene rings is 1. The molecule has 14 heteroatoms. The number of methoxy groups -OCH3 is 3. The zero-order chi connectivity index (χ0) is 28.3. The van der Waals surface area contributed by atoms with Gasteiger partial charge in [0.05, 0.1) is 26.9 Å². The normalized spacial score (nSPS) is 15.3. The van der Waals surface area contributed by atoms with Crippen LogP contribution in [0.25, 0.3) is 11.4 Å². The van der Waals surface area contributed by atoms with Gasteiger partial charge in [0.1, 0.15) is 23.8 Å². The Labute approximate surface area is 220 Å². The molecule has 3 aromatic rings. The van der Waals surface area contributed by atoms with E-state index in [-0.39, 0.29) is 28.5 Å². The lowest BCUT2D eigenvalue weighted by molar-refractivity contribution is -0.141. The molecule has 11 nitrogen and oxygen atoms in total. The van der Waals surface area contributed by atoms with Gasteiger partial charge < -0.3 is 29.2 Å². The summed E-state index contributed by atoms with van der Waals surface area (Å²) in [5, 5.41) is 6.62. The number of carbonyl (C=O) groups excluding carboxylic acids is 2. The topological polar surface area (TPSA) is 121 Å². The maximum atomic E-state index is 13.4. The van der Waals surface area contributed by atoms with Crippen LogP contribution in [-0.4, -0.2) is 71.3 Å². The average molecular weight is 544 g/mol. The molecule has 0 radical (unpaired) electrons. The van der Waals surface area contributed by atoms with Gasteiger partial charge in [-0.3, -0.25) is 0 Å². The lowest BCUT2D eigenvalue weighted by Crippen LogP contribution is -2.34. The van der Waals surface area contributed by atoms with Crippen molar-refractivity contribution in [1.29, 1.82) is 0 Å². The minimum absolute atomic E-state index is 0.00395. The molecule has 0 amide bonds. The van der Waals surface area contributed by atoms with Crippen LogP contribution < -0.4 is 14.8 Å². The van der Waals surface area contributed by atoms with Crippen LogP contribution in [0, 0.1) is 0 Å². The van der Waals surface area contributed by atoms with Gasteiger partial charge in [0.15, 0.2) is 11.5 Å². The Bertz CT molecular complexity index is 1440. The van der Waals surface area contributed by atoms with Gasteiger partial charge in [0.2, 0.25) is 5.95 Å². The maximum absolute atomic E-state index is 13.4. The highest BCUT2D eigenvalue weighted by atomic mass is 19.4. The number of ether oxygens (including phenoxy) is 3. The van der Waals surface area contributed by atoms with Crippen molar-refractivity contribution in [3.63, 3.8) is 0 Å². The van der Waals surface area contributed by atoms with Crippen LogP contribution in [0.1, 0.15) is 11.3 Å². The van der Waals surface area contributed by atoms with E-state index < -0.39 is 23.9 Å². The van der Waals surface area contributed by atoms with Crippen LogP contribution >= 0.6 is 0 Å². The fraction of sp³-hybridized carbons (Fsp3) is 0.240. The lowest BCUT2D eigenvalue weighted by atomic mass is 9.94. The molecule has 0 saturated heterocycles. The fourth-order valence-corrected chi connectivity index (χ4v) is 3.86. The van der Waals surface area contributed by atoms with Gasteiger partial charge in [-0.1, -0.05) is 0 Å². The van der Waals surface area contributed by atoms with Gasteiger partial charge in [-0.15, -0.1) is 0 Å². The van der Waals surface area contributed by atoms with Crippen molar-refractivity contribution in [2.75, 3.05) is 33.7 Å². The number of aromatic nitrogens is 4. The van der Waals surface area contributed by atoms with Gasteiger partial charge in [0.25, 0.3) is 0 Å². The largest absolute Gasteiger partial charge is 0.497 e. The van der Waals surface area contributed by atoms with Crippen molar-refractivity contribution < 1.29 is 37.0 Å². The Morgan fingerprint density at radius 3 is 2.38 bits per heavy atom. The van der Waals surface area contributed by atoms with Crippen LogP contribution in [-0.2, 0) is 20.5 Å². The second kappa shape index (κ2) is 10.8. The molecule has 1 aliphatic heterocycles. The number of esters is 1. The molecule has 2 aromatic heterocycles. The summed E-state index contributed by atoms with van der Waals surface area (Å²) in [5.41, 5.74) is -0.139. The smallest absolute Gasteiger partial charge is 0.435 e. The molecule has 4 rings (SSSR count). The number of nitrogens with one attached hydrogen (secondary N) is 1. The number of anilines is 2. The van der Waals surface area contributed by atoms with E-state index in [1.165, 1.54) is 44.7 Å². The molecule has 0 bridgehead atoms. The standard InChI is InChI=1S/C25H23F3N6O5/c1-33-12-14(23(36)39-4)7-18(20(33)13-35)19-11-29-24(30-15-8-16(37-2)10-17(9-15)38-3)31-22(19)34-6-5-21(32-34)25(26,27)28/h5-13,20H,1-4H3,(H,29,30,31). The highest BCUT2D eigenvalue weighted by molar-refractivity contribution is 5.98. The van der Waals surface area contributed by atoms with Gasteiger partial charge in [-0.25, -0.2) is 14.5 Å². The van der Waals surface area contributed by atoms with Crippen molar-refractivity contribution in [2.24, 2.45) is 0 Å². The number of carbonyl (C=O) groups is 2. The van der Waals surface area contributed by atoms with Crippen molar-refractivity contribution in [1.82, 2.24) is 24.6 Å². The number of alkyl halides is 3. The van der Waals surface area contributed by atoms with Crippen LogP contribution in [0.2, 0.25) is 0 Å². The first-order chi connectivity index (χ1) is 18.6. The van der Waals surface area contributed by atoms with Crippen molar-refractivity contribution >= 4 is 29.5 Å². The van der Waals surface area contributed by atoms with Crippen LogP contribution in [0.5, 0.6) is 11.5 Å². The fourth-order valence-electron chi connectivity index (χ4n) is 3.86. The molecule has 1 aliphatic rings. The molecule has 0 aliphatic carbocycles. The molecular weight excluding hydrogens is 521 g/mol. The predicted octanol–water partition coefficient (Wildman–Crippen LogP) is 3.40. The second-order valence-corrected chi connectivity index (χ2v) is 8.22. The van der Waals surface area contributed by atoms with E-state index in [1.54, 1.807) is 25.2 Å². The van der Waals surface area contributed by atoms with E-state index in [4.69, 9.17) is 14.2 Å². The Kier molecular flexibility index (Phi) is 7.56. The molecule has 39 heavy (non-hydrogen) atoms. The van der Waals surface area contributed by atoms with Gasteiger partial charge in [-0.2, -0.15) is 23.3 Å². The first-order valence-electron chi connectivity index (χ1n) is 11.3. The quantitative estimate of drug-likeness (QED) is 0.334. The molecule has 1 atom stereocenters.